The summed E-state index contributed by atoms with van der Waals surface area (Å²) in [7, 11) is 0. The lowest BCUT2D eigenvalue weighted by Gasteiger charge is -2.07. The maximum Gasteiger partial charge on any atom is 0.414 e. The molecule has 0 radical (unpaired) electrons. The molecule has 0 saturated heterocycles. The first-order valence-electron chi connectivity index (χ1n) is 8.59. The third-order valence-electron chi connectivity index (χ3n) is 4.82. The van der Waals surface area contributed by atoms with Crippen molar-refractivity contribution in [1.29, 1.82) is 0 Å². The van der Waals surface area contributed by atoms with Crippen LogP contribution in [0.5, 0.6) is 0 Å². The van der Waals surface area contributed by atoms with Gasteiger partial charge in [0.25, 0.3) is 0 Å². The van der Waals surface area contributed by atoms with E-state index in [4.69, 9.17) is 13.3 Å². The molecule has 0 aliphatic carbocycles. The number of rotatable bonds is 3. The molecule has 0 N–H and O–H groups in total. The number of hydrogen-bond donors (Lipinski definition) is 0. The van der Waals surface area contributed by atoms with Crippen LogP contribution in [0.15, 0.2) is 71.6 Å². The molecule has 0 aliphatic rings. The zero-order valence-electron chi connectivity index (χ0n) is 14.7. The van der Waals surface area contributed by atoms with E-state index in [1.165, 1.54) is 0 Å². The van der Waals surface area contributed by atoms with Crippen molar-refractivity contribution in [3.63, 3.8) is 0 Å². The smallest absolute Gasteiger partial charge is 0.414 e. The average Bonchev–Trinajstić information content (AvgIpc) is 3.30. The Morgan fingerprint density at radius 1 is 1.00 bits per heavy atom. The van der Waals surface area contributed by atoms with Crippen LogP contribution in [0.3, 0.4) is 0 Å². The molecule has 3 aromatic heterocycles. The fourth-order valence-electron chi connectivity index (χ4n) is 3.40. The van der Waals surface area contributed by atoms with Crippen molar-refractivity contribution in [1.82, 2.24) is 4.37 Å². The Morgan fingerprint density at radius 2 is 1.82 bits per heavy atom. The van der Waals surface area contributed by atoms with Crippen LogP contribution in [0.4, 0.5) is 0 Å². The van der Waals surface area contributed by atoms with Gasteiger partial charge >= 0.3 is 10.6 Å². The van der Waals surface area contributed by atoms with Crippen LogP contribution in [0.1, 0.15) is 17.0 Å². The molecule has 0 atom stereocenters. The summed E-state index contributed by atoms with van der Waals surface area (Å²) < 4.78 is 20.2. The van der Waals surface area contributed by atoms with Gasteiger partial charge in [-0.15, -0.1) is 0 Å². The first-order valence-corrected chi connectivity index (χ1v) is 9.36. The van der Waals surface area contributed by atoms with E-state index >= 15 is 0 Å². The van der Waals surface area contributed by atoms with Gasteiger partial charge in [-0.3, -0.25) is 0 Å². The van der Waals surface area contributed by atoms with Gasteiger partial charge in [0.2, 0.25) is 5.89 Å². The normalized spacial score (nSPS) is 11.5. The number of hydrogen-bond acceptors (Lipinski definition) is 7. The highest BCUT2D eigenvalue weighted by molar-refractivity contribution is 7.02. The zero-order valence-corrected chi connectivity index (χ0v) is 15.5. The van der Waals surface area contributed by atoms with E-state index in [0.717, 1.165) is 39.0 Å². The molecule has 138 valence electrons. The Balaban J connectivity index is 1.73. The fraction of sp³-hybridized carbons (Fsp3) is 0.0952. The summed E-state index contributed by atoms with van der Waals surface area (Å²) in [5.41, 5.74) is 3.82. The highest BCUT2D eigenvalue weighted by Gasteiger charge is 2.17. The van der Waals surface area contributed by atoms with E-state index < -0.39 is 10.6 Å². The van der Waals surface area contributed by atoms with E-state index in [2.05, 4.69) is 4.37 Å². The summed E-state index contributed by atoms with van der Waals surface area (Å²) in [6.45, 7) is 1.85. The van der Waals surface area contributed by atoms with Crippen molar-refractivity contribution in [3.8, 4) is 11.1 Å². The molecule has 2 aromatic carbocycles. The molecule has 0 saturated carbocycles. The molecular formula is C21H13NO5S. The van der Waals surface area contributed by atoms with Gasteiger partial charge in [0, 0.05) is 33.9 Å². The Hall–Kier alpha value is -3.45. The second-order valence-electron chi connectivity index (χ2n) is 6.46. The first kappa shape index (κ1) is 16.7. The van der Waals surface area contributed by atoms with E-state index in [9.17, 15) is 9.59 Å². The van der Waals surface area contributed by atoms with Crippen molar-refractivity contribution in [2.75, 3.05) is 0 Å². The van der Waals surface area contributed by atoms with E-state index in [-0.39, 0.29) is 12.3 Å². The minimum atomic E-state index is -0.495. The second-order valence-corrected chi connectivity index (χ2v) is 7.16. The molecule has 5 aromatic rings. The monoisotopic (exact) mass is 391 g/mol. The van der Waals surface area contributed by atoms with E-state index in [1.54, 1.807) is 12.3 Å². The molecular weight excluding hydrogens is 378 g/mol. The maximum absolute atomic E-state index is 12.5. The summed E-state index contributed by atoms with van der Waals surface area (Å²) in [6.07, 6.45) is 1.81. The van der Waals surface area contributed by atoms with Gasteiger partial charge in [-0.2, -0.15) is 4.37 Å². The first-order chi connectivity index (χ1) is 13.6. The van der Waals surface area contributed by atoms with Gasteiger partial charge < -0.3 is 13.3 Å². The molecule has 6 nitrogen and oxygen atoms in total. The molecule has 0 fully saturated rings. The lowest BCUT2D eigenvalue weighted by Crippen LogP contribution is -2.11. The van der Waals surface area contributed by atoms with Crippen LogP contribution in [0.2, 0.25) is 0 Å². The van der Waals surface area contributed by atoms with Crippen LogP contribution in [0, 0.1) is 6.92 Å². The quantitative estimate of drug-likeness (QED) is 0.421. The van der Waals surface area contributed by atoms with Crippen LogP contribution in [0.25, 0.3) is 33.1 Å². The molecule has 0 spiro atoms. The molecule has 0 unspecified atom stereocenters. The van der Waals surface area contributed by atoms with E-state index in [1.807, 2.05) is 43.3 Å². The lowest BCUT2D eigenvalue weighted by atomic mass is 9.99. The SMILES string of the molecule is Cc1c(Cc2nsc(=O)o2)c(=O)oc2cc3occ(-c4ccccc4)c3cc12. The summed E-state index contributed by atoms with van der Waals surface area (Å²) in [4.78, 5) is 23.2. The second kappa shape index (κ2) is 6.31. The molecule has 3 heterocycles. The zero-order chi connectivity index (χ0) is 19.3. The van der Waals surface area contributed by atoms with Gasteiger partial charge in [-0.1, -0.05) is 30.3 Å². The van der Waals surface area contributed by atoms with Crippen LogP contribution >= 0.6 is 11.5 Å². The number of nitrogens with zero attached hydrogens (tertiary/aromatic N) is 1. The Kier molecular flexibility index (Phi) is 3.77. The van der Waals surface area contributed by atoms with Crippen LogP contribution in [-0.2, 0) is 6.42 Å². The Bertz CT molecular complexity index is 1440. The van der Waals surface area contributed by atoms with E-state index in [0.29, 0.717) is 16.7 Å². The molecule has 7 heteroatoms. The van der Waals surface area contributed by atoms with Crippen molar-refractivity contribution in [2.24, 2.45) is 0 Å². The summed E-state index contributed by atoms with van der Waals surface area (Å²) in [5.74, 6) is 0.208. The lowest BCUT2D eigenvalue weighted by molar-refractivity contribution is 0.473. The minimum Gasteiger partial charge on any atom is -0.464 e. The minimum absolute atomic E-state index is 0.109. The highest BCUT2D eigenvalue weighted by atomic mass is 32.1. The Labute approximate surface area is 161 Å². The standard InChI is InChI=1S/C21H13NO5S/c1-11-13-7-15-16(12-5-3-2-4-6-12)10-25-17(15)9-18(13)26-20(23)14(11)8-19-22-28-21(24)27-19/h2-7,9-10H,8H2,1H3. The predicted octanol–water partition coefficient (Wildman–Crippen LogP) is 4.52. The van der Waals surface area contributed by atoms with Gasteiger partial charge in [0.05, 0.1) is 18.2 Å². The summed E-state index contributed by atoms with van der Waals surface area (Å²) in [5, 5.41) is 1.74. The maximum atomic E-state index is 12.5. The molecule has 5 rings (SSSR count). The number of aryl methyl sites for hydroxylation is 1. The summed E-state index contributed by atoms with van der Waals surface area (Å²) >= 11 is 0.724. The van der Waals surface area contributed by atoms with Crippen LogP contribution < -0.4 is 10.6 Å². The van der Waals surface area contributed by atoms with Crippen molar-refractivity contribution in [2.45, 2.75) is 13.3 Å². The number of aromatic nitrogens is 1. The molecule has 0 amide bonds. The predicted molar refractivity (Wildman–Crippen MR) is 106 cm³/mol. The molecule has 0 bridgehead atoms. The van der Waals surface area contributed by atoms with Gasteiger partial charge in [-0.05, 0) is 24.1 Å². The average molecular weight is 391 g/mol. The summed E-state index contributed by atoms with van der Waals surface area (Å²) in [6, 6.07) is 13.6. The molecule has 28 heavy (non-hydrogen) atoms. The largest absolute Gasteiger partial charge is 0.464 e. The third-order valence-corrected chi connectivity index (χ3v) is 5.34. The number of furan rings is 1. The Morgan fingerprint density at radius 3 is 2.57 bits per heavy atom. The van der Waals surface area contributed by atoms with Crippen molar-refractivity contribution < 1.29 is 13.3 Å². The highest BCUT2D eigenvalue weighted by Crippen LogP contribution is 2.34. The van der Waals surface area contributed by atoms with Gasteiger partial charge in [0.15, 0.2) is 0 Å². The number of fused-ring (bicyclic) bond motifs is 2. The van der Waals surface area contributed by atoms with Crippen LogP contribution in [-0.4, -0.2) is 4.37 Å². The van der Waals surface area contributed by atoms with Crippen molar-refractivity contribution in [3.05, 3.63) is 85.9 Å². The molecule has 0 aliphatic heterocycles. The van der Waals surface area contributed by atoms with Gasteiger partial charge in [0.1, 0.15) is 11.2 Å². The van der Waals surface area contributed by atoms with Gasteiger partial charge in [-0.25, -0.2) is 9.59 Å². The number of benzene rings is 2. The topological polar surface area (TPSA) is 86.5 Å². The third kappa shape index (κ3) is 2.68. The van der Waals surface area contributed by atoms with Crippen molar-refractivity contribution >= 4 is 33.5 Å². The fourth-order valence-corrected chi connectivity index (χ4v) is 3.81.